The molecule has 1 N–H and O–H groups in total. The van der Waals surface area contributed by atoms with Gasteiger partial charge in [0.25, 0.3) is 5.91 Å². The Balaban J connectivity index is 1.92. The van der Waals surface area contributed by atoms with Gasteiger partial charge in [0.1, 0.15) is 0 Å². The lowest BCUT2D eigenvalue weighted by Gasteiger charge is -2.29. The number of carbonyl (C=O) groups is 3. The zero-order valence-corrected chi connectivity index (χ0v) is 13.0. The summed E-state index contributed by atoms with van der Waals surface area (Å²) >= 11 is 0. The fraction of sp³-hybridized carbons (Fsp3) is 0.111. The second-order valence-electron chi connectivity index (χ2n) is 5.35. The molecular formula is C18H15N3O3. The highest BCUT2D eigenvalue weighted by molar-refractivity contribution is 6.32. The minimum Gasteiger partial charge on any atom is -0.276 e. The van der Waals surface area contributed by atoms with Crippen molar-refractivity contribution in [2.75, 3.05) is 4.90 Å². The van der Waals surface area contributed by atoms with Crippen LogP contribution >= 0.6 is 0 Å². The summed E-state index contributed by atoms with van der Waals surface area (Å²) in [6.07, 6.45) is 1.27. The summed E-state index contributed by atoms with van der Waals surface area (Å²) in [4.78, 5) is 42.0. The number of carbonyl (C=O) groups excluding carboxylic acids is 3. The molecule has 0 aromatic heterocycles. The van der Waals surface area contributed by atoms with Crippen molar-refractivity contribution in [1.29, 1.82) is 0 Å². The minimum absolute atomic E-state index is 0.450. The van der Waals surface area contributed by atoms with Crippen molar-refractivity contribution in [2.45, 2.75) is 6.92 Å². The highest BCUT2D eigenvalue weighted by atomic mass is 16.2. The lowest BCUT2D eigenvalue weighted by atomic mass is 10.0. The Kier molecular flexibility index (Phi) is 4.20. The van der Waals surface area contributed by atoms with Gasteiger partial charge in [-0.3, -0.25) is 19.9 Å². The van der Waals surface area contributed by atoms with Crippen LogP contribution in [0.25, 0.3) is 0 Å². The Labute approximate surface area is 138 Å². The number of aliphatic imine (C=N–C) groups is 1. The molecule has 24 heavy (non-hydrogen) atoms. The summed E-state index contributed by atoms with van der Waals surface area (Å²) in [6.45, 7) is 1.79. The fourth-order valence-electron chi connectivity index (χ4n) is 2.44. The van der Waals surface area contributed by atoms with Gasteiger partial charge in [0.15, 0.2) is 5.92 Å². The molecule has 0 bridgehead atoms. The lowest BCUT2D eigenvalue weighted by molar-refractivity contribution is -0.131. The first-order valence-corrected chi connectivity index (χ1v) is 7.41. The molecular weight excluding hydrogens is 306 g/mol. The van der Waals surface area contributed by atoms with E-state index in [1.54, 1.807) is 49.4 Å². The maximum atomic E-state index is 12.7. The van der Waals surface area contributed by atoms with E-state index in [9.17, 15) is 14.4 Å². The van der Waals surface area contributed by atoms with Crippen molar-refractivity contribution in [3.63, 3.8) is 0 Å². The molecule has 4 amide bonds. The number of nitrogens with zero attached hydrogens (tertiary/aromatic N) is 2. The smallest absolute Gasteiger partial charge is 0.276 e. The normalized spacial score (nSPS) is 18.1. The van der Waals surface area contributed by atoms with Gasteiger partial charge in [-0.2, -0.15) is 0 Å². The minimum atomic E-state index is -1.15. The van der Waals surface area contributed by atoms with Gasteiger partial charge >= 0.3 is 6.03 Å². The lowest BCUT2D eigenvalue weighted by Crippen LogP contribution is -2.58. The van der Waals surface area contributed by atoms with Crippen LogP contribution in [-0.2, 0) is 9.59 Å². The average Bonchev–Trinajstić information content (AvgIpc) is 2.57. The van der Waals surface area contributed by atoms with Gasteiger partial charge in [-0.25, -0.2) is 9.69 Å². The summed E-state index contributed by atoms with van der Waals surface area (Å²) in [5.41, 5.74) is 1.83. The molecule has 1 heterocycles. The summed E-state index contributed by atoms with van der Waals surface area (Å²) < 4.78 is 0. The molecule has 1 aliphatic rings. The molecule has 1 atom stereocenters. The first-order chi connectivity index (χ1) is 11.6. The number of para-hydroxylation sites is 2. The number of barbiturate groups is 1. The highest BCUT2D eigenvalue weighted by Gasteiger charge is 2.40. The number of hydrogen-bond donors (Lipinski definition) is 1. The van der Waals surface area contributed by atoms with Crippen molar-refractivity contribution in [3.8, 4) is 0 Å². The van der Waals surface area contributed by atoms with Crippen LogP contribution in [0.2, 0.25) is 0 Å². The molecule has 0 saturated carbocycles. The number of nitrogens with one attached hydrogen (secondary N) is 1. The quantitative estimate of drug-likeness (QED) is 0.697. The first kappa shape index (κ1) is 15.6. The molecule has 1 aliphatic heterocycles. The zero-order chi connectivity index (χ0) is 17.1. The van der Waals surface area contributed by atoms with Crippen LogP contribution in [0.4, 0.5) is 16.2 Å². The van der Waals surface area contributed by atoms with E-state index in [2.05, 4.69) is 10.3 Å². The van der Waals surface area contributed by atoms with Gasteiger partial charge in [-0.1, -0.05) is 36.4 Å². The van der Waals surface area contributed by atoms with E-state index in [-0.39, 0.29) is 0 Å². The summed E-state index contributed by atoms with van der Waals surface area (Å²) in [7, 11) is 0. The molecule has 0 unspecified atom stereocenters. The standard InChI is InChI=1S/C18H15N3O3/c1-12-7-5-6-10-15(12)21-17(23)14(16(22)20-18(21)24)11-19-13-8-3-2-4-9-13/h2-11,14H,1H3,(H,20,22,24)/t14-/m0/s1. The van der Waals surface area contributed by atoms with Crippen molar-refractivity contribution < 1.29 is 14.4 Å². The van der Waals surface area contributed by atoms with Crippen LogP contribution in [0, 0.1) is 12.8 Å². The monoisotopic (exact) mass is 321 g/mol. The second-order valence-corrected chi connectivity index (χ2v) is 5.35. The number of rotatable bonds is 3. The maximum Gasteiger partial charge on any atom is 0.335 e. The number of urea groups is 1. The van der Waals surface area contributed by atoms with Crippen molar-refractivity contribution >= 4 is 35.4 Å². The molecule has 120 valence electrons. The van der Waals surface area contributed by atoms with Gasteiger partial charge in [0, 0.05) is 6.21 Å². The van der Waals surface area contributed by atoms with E-state index in [4.69, 9.17) is 0 Å². The van der Waals surface area contributed by atoms with E-state index >= 15 is 0 Å². The van der Waals surface area contributed by atoms with Crippen molar-refractivity contribution in [3.05, 3.63) is 60.2 Å². The summed E-state index contributed by atoms with van der Waals surface area (Å²) in [6, 6.07) is 15.2. The third-order valence-electron chi connectivity index (χ3n) is 3.69. The summed E-state index contributed by atoms with van der Waals surface area (Å²) in [5, 5.41) is 2.21. The second kappa shape index (κ2) is 6.45. The van der Waals surface area contributed by atoms with E-state index in [0.29, 0.717) is 11.4 Å². The molecule has 1 fully saturated rings. The van der Waals surface area contributed by atoms with Crippen LogP contribution in [-0.4, -0.2) is 24.1 Å². The summed E-state index contributed by atoms with van der Waals surface area (Å²) in [5.74, 6) is -2.44. The fourth-order valence-corrected chi connectivity index (χ4v) is 2.44. The van der Waals surface area contributed by atoms with Crippen LogP contribution in [0.15, 0.2) is 59.6 Å². The Hall–Kier alpha value is -3.28. The number of imide groups is 2. The van der Waals surface area contributed by atoms with Crippen LogP contribution in [0.5, 0.6) is 0 Å². The molecule has 2 aromatic carbocycles. The molecule has 2 aromatic rings. The molecule has 6 heteroatoms. The number of aryl methyl sites for hydroxylation is 1. The van der Waals surface area contributed by atoms with Crippen molar-refractivity contribution in [2.24, 2.45) is 10.9 Å². The number of amides is 4. The zero-order valence-electron chi connectivity index (χ0n) is 13.0. The van der Waals surface area contributed by atoms with E-state index in [1.807, 2.05) is 12.1 Å². The third kappa shape index (κ3) is 2.94. The van der Waals surface area contributed by atoms with Crippen LogP contribution in [0.1, 0.15) is 5.56 Å². The van der Waals surface area contributed by atoms with E-state index < -0.39 is 23.8 Å². The topological polar surface area (TPSA) is 78.8 Å². The number of hydrogen-bond acceptors (Lipinski definition) is 4. The first-order valence-electron chi connectivity index (χ1n) is 7.41. The molecule has 1 saturated heterocycles. The molecule has 3 rings (SSSR count). The third-order valence-corrected chi connectivity index (χ3v) is 3.69. The highest BCUT2D eigenvalue weighted by Crippen LogP contribution is 2.24. The van der Waals surface area contributed by atoms with Gasteiger partial charge in [0.05, 0.1) is 11.4 Å². The Morgan fingerprint density at radius 3 is 2.38 bits per heavy atom. The van der Waals surface area contributed by atoms with E-state index in [0.717, 1.165) is 10.5 Å². The Morgan fingerprint density at radius 1 is 1.00 bits per heavy atom. The Morgan fingerprint density at radius 2 is 1.67 bits per heavy atom. The SMILES string of the molecule is Cc1ccccc1N1C(=O)NC(=O)[C@H](C=Nc2ccccc2)C1=O. The van der Waals surface area contributed by atoms with E-state index in [1.165, 1.54) is 6.21 Å². The van der Waals surface area contributed by atoms with Crippen molar-refractivity contribution in [1.82, 2.24) is 5.32 Å². The van der Waals surface area contributed by atoms with Crippen LogP contribution in [0.3, 0.4) is 0 Å². The number of benzene rings is 2. The van der Waals surface area contributed by atoms with Gasteiger partial charge in [-0.05, 0) is 30.7 Å². The molecule has 0 aliphatic carbocycles. The maximum absolute atomic E-state index is 12.7. The number of anilines is 1. The predicted octanol–water partition coefficient (Wildman–Crippen LogP) is 2.60. The van der Waals surface area contributed by atoms with Gasteiger partial charge in [-0.15, -0.1) is 0 Å². The van der Waals surface area contributed by atoms with Crippen LogP contribution < -0.4 is 10.2 Å². The van der Waals surface area contributed by atoms with Gasteiger partial charge < -0.3 is 0 Å². The predicted molar refractivity (Wildman–Crippen MR) is 90.3 cm³/mol. The average molecular weight is 321 g/mol. The largest absolute Gasteiger partial charge is 0.335 e. The van der Waals surface area contributed by atoms with Gasteiger partial charge in [0.2, 0.25) is 5.91 Å². The Bertz CT molecular complexity index is 830. The molecule has 6 nitrogen and oxygen atoms in total. The molecule has 0 radical (unpaired) electrons. The molecule has 0 spiro atoms.